The van der Waals surface area contributed by atoms with Crippen molar-refractivity contribution in [1.29, 1.82) is 0 Å². The number of hydrogen-bond acceptors (Lipinski definition) is 3. The van der Waals surface area contributed by atoms with E-state index in [1.165, 1.54) is 6.42 Å². The molecule has 1 rings (SSSR count). The van der Waals surface area contributed by atoms with Gasteiger partial charge in [-0.05, 0) is 31.9 Å². The molecule has 1 aliphatic rings. The van der Waals surface area contributed by atoms with Gasteiger partial charge in [-0.25, -0.2) is 9.59 Å². The first kappa shape index (κ1) is 16.1. The lowest BCUT2D eigenvalue weighted by molar-refractivity contribution is -0.139. The first-order chi connectivity index (χ1) is 9.06. The Morgan fingerprint density at radius 2 is 2.16 bits per heavy atom. The van der Waals surface area contributed by atoms with E-state index in [9.17, 15) is 9.59 Å². The van der Waals surface area contributed by atoms with Crippen LogP contribution in [0.25, 0.3) is 0 Å². The highest BCUT2D eigenvalue weighted by atomic mass is 32.2. The van der Waals surface area contributed by atoms with Crippen LogP contribution in [0.5, 0.6) is 0 Å². The molecule has 1 aliphatic carbocycles. The Bertz CT molecular complexity index is 312. The smallest absolute Gasteiger partial charge is 0.326 e. The molecule has 0 aromatic carbocycles. The SMILES string of the molecule is CCC[C@@H](NC(=O)NC1CCCC(SC)C1)C(=O)O. The summed E-state index contributed by atoms with van der Waals surface area (Å²) in [5.41, 5.74) is 0. The zero-order valence-corrected chi connectivity index (χ0v) is 12.5. The van der Waals surface area contributed by atoms with Crippen LogP contribution in [0.3, 0.4) is 0 Å². The van der Waals surface area contributed by atoms with E-state index in [0.717, 1.165) is 25.7 Å². The lowest BCUT2D eigenvalue weighted by Gasteiger charge is -2.29. The average molecular weight is 288 g/mol. The largest absolute Gasteiger partial charge is 0.480 e. The Morgan fingerprint density at radius 1 is 1.42 bits per heavy atom. The number of hydrogen-bond donors (Lipinski definition) is 3. The molecule has 3 atom stereocenters. The van der Waals surface area contributed by atoms with Gasteiger partial charge in [0.05, 0.1) is 0 Å². The van der Waals surface area contributed by atoms with Gasteiger partial charge in [0.1, 0.15) is 6.04 Å². The number of carbonyl (C=O) groups excluding carboxylic acids is 1. The highest BCUT2D eigenvalue weighted by molar-refractivity contribution is 7.99. The van der Waals surface area contributed by atoms with Crippen molar-refractivity contribution >= 4 is 23.8 Å². The second-order valence-corrected chi connectivity index (χ2v) is 6.16. The molecule has 0 bridgehead atoms. The van der Waals surface area contributed by atoms with Crippen LogP contribution < -0.4 is 10.6 Å². The van der Waals surface area contributed by atoms with Gasteiger partial charge in [0.25, 0.3) is 0 Å². The first-order valence-electron chi connectivity index (χ1n) is 6.89. The third kappa shape index (κ3) is 5.72. The van der Waals surface area contributed by atoms with Crippen molar-refractivity contribution in [3.05, 3.63) is 0 Å². The van der Waals surface area contributed by atoms with Crippen molar-refractivity contribution in [2.75, 3.05) is 6.26 Å². The second-order valence-electron chi connectivity index (χ2n) is 5.02. The minimum absolute atomic E-state index is 0.169. The molecule has 0 aromatic rings. The Kier molecular flexibility index (Phi) is 7.05. The summed E-state index contributed by atoms with van der Waals surface area (Å²) in [6.07, 6.45) is 7.56. The van der Waals surface area contributed by atoms with Gasteiger partial charge >= 0.3 is 12.0 Å². The van der Waals surface area contributed by atoms with E-state index in [2.05, 4.69) is 16.9 Å². The summed E-state index contributed by atoms with van der Waals surface area (Å²) in [6, 6.07) is -0.972. The number of thioether (sulfide) groups is 1. The third-order valence-electron chi connectivity index (χ3n) is 3.48. The molecular formula is C13H24N2O3S. The van der Waals surface area contributed by atoms with Crippen LogP contribution in [0, 0.1) is 0 Å². The minimum Gasteiger partial charge on any atom is -0.480 e. The Balaban J connectivity index is 2.39. The highest BCUT2D eigenvalue weighted by Crippen LogP contribution is 2.26. The van der Waals surface area contributed by atoms with Crippen molar-refractivity contribution in [1.82, 2.24) is 10.6 Å². The van der Waals surface area contributed by atoms with Crippen LogP contribution in [0.1, 0.15) is 45.4 Å². The molecule has 2 unspecified atom stereocenters. The van der Waals surface area contributed by atoms with E-state index in [1.807, 2.05) is 18.7 Å². The Hall–Kier alpha value is -0.910. The van der Waals surface area contributed by atoms with Gasteiger partial charge in [-0.1, -0.05) is 19.8 Å². The number of amides is 2. The fraction of sp³-hybridized carbons (Fsp3) is 0.846. The minimum atomic E-state index is -0.970. The van der Waals surface area contributed by atoms with E-state index in [1.54, 1.807) is 0 Å². The van der Waals surface area contributed by atoms with Crippen molar-refractivity contribution in [2.24, 2.45) is 0 Å². The van der Waals surface area contributed by atoms with Gasteiger partial charge in [-0.3, -0.25) is 0 Å². The van der Waals surface area contributed by atoms with Crippen molar-refractivity contribution < 1.29 is 14.7 Å². The lowest BCUT2D eigenvalue weighted by atomic mass is 9.95. The van der Waals surface area contributed by atoms with Gasteiger partial charge in [0.2, 0.25) is 0 Å². The van der Waals surface area contributed by atoms with Crippen LogP contribution >= 0.6 is 11.8 Å². The van der Waals surface area contributed by atoms with E-state index in [-0.39, 0.29) is 12.1 Å². The quantitative estimate of drug-likeness (QED) is 0.700. The molecule has 110 valence electrons. The van der Waals surface area contributed by atoms with Crippen LogP contribution in [0.15, 0.2) is 0 Å². The summed E-state index contributed by atoms with van der Waals surface area (Å²) in [5, 5.41) is 15.0. The molecule has 1 fully saturated rings. The van der Waals surface area contributed by atoms with Crippen LogP contribution in [0.2, 0.25) is 0 Å². The standard InChI is InChI=1S/C13H24N2O3S/c1-3-5-11(12(16)17)15-13(18)14-9-6-4-7-10(8-9)19-2/h9-11H,3-8H2,1-2H3,(H,16,17)(H2,14,15,18)/t9?,10?,11-/m1/s1. The molecule has 1 saturated carbocycles. The molecule has 6 heteroatoms. The van der Waals surface area contributed by atoms with Crippen LogP contribution in [-0.4, -0.2) is 40.7 Å². The number of carbonyl (C=O) groups is 2. The summed E-state index contributed by atoms with van der Waals surface area (Å²) in [7, 11) is 0. The lowest BCUT2D eigenvalue weighted by Crippen LogP contribution is -2.50. The van der Waals surface area contributed by atoms with Gasteiger partial charge in [0, 0.05) is 11.3 Å². The maximum atomic E-state index is 11.8. The van der Waals surface area contributed by atoms with Gasteiger partial charge in [0.15, 0.2) is 0 Å². The molecule has 2 amide bonds. The summed E-state index contributed by atoms with van der Waals surface area (Å²) < 4.78 is 0. The van der Waals surface area contributed by atoms with Crippen LogP contribution in [0.4, 0.5) is 4.79 Å². The molecule has 0 spiro atoms. The van der Waals surface area contributed by atoms with Gasteiger partial charge < -0.3 is 15.7 Å². The predicted molar refractivity (Wildman–Crippen MR) is 77.6 cm³/mol. The first-order valence-corrected chi connectivity index (χ1v) is 8.18. The number of urea groups is 1. The number of nitrogens with one attached hydrogen (secondary N) is 2. The fourth-order valence-electron chi connectivity index (χ4n) is 2.42. The molecule has 19 heavy (non-hydrogen) atoms. The van der Waals surface area contributed by atoms with Crippen molar-refractivity contribution in [3.63, 3.8) is 0 Å². The zero-order valence-electron chi connectivity index (χ0n) is 11.6. The molecule has 5 nitrogen and oxygen atoms in total. The Labute approximate surface area is 118 Å². The monoisotopic (exact) mass is 288 g/mol. The van der Waals surface area contributed by atoms with Crippen LogP contribution in [-0.2, 0) is 4.79 Å². The number of aliphatic carboxylic acids is 1. The summed E-state index contributed by atoms with van der Waals surface area (Å²) in [4.78, 5) is 22.8. The average Bonchev–Trinajstić information content (AvgIpc) is 2.38. The molecular weight excluding hydrogens is 264 g/mol. The Morgan fingerprint density at radius 3 is 2.74 bits per heavy atom. The normalized spacial score (nSPS) is 24.5. The van der Waals surface area contributed by atoms with E-state index in [4.69, 9.17) is 5.11 Å². The van der Waals surface area contributed by atoms with E-state index in [0.29, 0.717) is 11.7 Å². The number of carboxylic acids is 1. The molecule has 0 aliphatic heterocycles. The third-order valence-corrected chi connectivity index (χ3v) is 4.57. The molecule has 0 saturated heterocycles. The van der Waals surface area contributed by atoms with Crippen molar-refractivity contribution in [2.45, 2.75) is 62.8 Å². The van der Waals surface area contributed by atoms with Gasteiger partial charge in [-0.15, -0.1) is 0 Å². The van der Waals surface area contributed by atoms with Crippen molar-refractivity contribution in [3.8, 4) is 0 Å². The highest BCUT2D eigenvalue weighted by Gasteiger charge is 2.24. The summed E-state index contributed by atoms with van der Waals surface area (Å²) in [5.74, 6) is -0.970. The molecule has 0 heterocycles. The molecule has 3 N–H and O–H groups in total. The maximum absolute atomic E-state index is 11.8. The topological polar surface area (TPSA) is 78.4 Å². The molecule has 0 aromatic heterocycles. The van der Waals surface area contributed by atoms with Gasteiger partial charge in [-0.2, -0.15) is 11.8 Å². The second kappa shape index (κ2) is 8.30. The van der Waals surface area contributed by atoms with E-state index < -0.39 is 12.0 Å². The summed E-state index contributed by atoms with van der Waals surface area (Å²) >= 11 is 1.84. The van der Waals surface area contributed by atoms with E-state index >= 15 is 0 Å². The summed E-state index contributed by atoms with van der Waals surface area (Å²) in [6.45, 7) is 1.90. The zero-order chi connectivity index (χ0) is 14.3. The maximum Gasteiger partial charge on any atom is 0.326 e. The predicted octanol–water partition coefficient (Wildman–Crippen LogP) is 2.21. The fourth-order valence-corrected chi connectivity index (χ4v) is 3.25. The molecule has 0 radical (unpaired) electrons. The number of carboxylic acid groups (broad SMARTS) is 1. The number of rotatable bonds is 6.